The Morgan fingerprint density at radius 2 is 1.09 bits per heavy atom. The Morgan fingerprint density at radius 1 is 0.682 bits per heavy atom. The normalized spacial score (nSPS) is 10.9. The summed E-state index contributed by atoms with van der Waals surface area (Å²) in [6.45, 7) is 3.99. The fourth-order valence-corrected chi connectivity index (χ4v) is 5.07. The van der Waals surface area contributed by atoms with Crippen molar-refractivity contribution < 1.29 is 4.39 Å². The number of aryl methyl sites for hydroxylation is 2. The lowest BCUT2D eigenvalue weighted by Crippen LogP contribution is -2.09. The van der Waals surface area contributed by atoms with Crippen LogP contribution in [0.3, 0.4) is 0 Å². The molecular formula is C20H18FS+. The van der Waals surface area contributed by atoms with E-state index in [0.29, 0.717) is 0 Å². The highest BCUT2D eigenvalue weighted by Crippen LogP contribution is 2.35. The monoisotopic (exact) mass is 309 g/mol. The molecule has 110 valence electrons. The van der Waals surface area contributed by atoms with E-state index in [1.54, 1.807) is 12.1 Å². The minimum Gasteiger partial charge on any atom is -0.207 e. The summed E-state index contributed by atoms with van der Waals surface area (Å²) in [6.07, 6.45) is 0. The third-order valence-electron chi connectivity index (χ3n) is 3.59. The van der Waals surface area contributed by atoms with Crippen LogP contribution in [0, 0.1) is 19.7 Å². The number of benzene rings is 3. The molecule has 0 saturated carbocycles. The van der Waals surface area contributed by atoms with Crippen molar-refractivity contribution in [1.82, 2.24) is 0 Å². The standard InChI is InChI=1S/C20H18FS/c1-15-13-17(21)14-16(2)20(15)22(18-9-5-3-6-10-18)19-11-7-4-8-12-19/h3-14H,1-2H3/q+1. The Bertz CT molecular complexity index is 704. The molecule has 0 aliphatic rings. The predicted molar refractivity (Wildman–Crippen MR) is 90.9 cm³/mol. The molecule has 0 aliphatic heterocycles. The van der Waals surface area contributed by atoms with Crippen LogP contribution < -0.4 is 0 Å². The molecule has 3 aromatic carbocycles. The first-order valence-corrected chi connectivity index (χ1v) is 8.50. The SMILES string of the molecule is Cc1cc(F)cc(C)c1[S+](c1ccccc1)c1ccccc1. The molecule has 0 spiro atoms. The molecule has 0 atom stereocenters. The van der Waals surface area contributed by atoms with E-state index in [4.69, 9.17) is 0 Å². The molecule has 0 nitrogen and oxygen atoms in total. The maximum absolute atomic E-state index is 13.7. The molecule has 0 bridgehead atoms. The van der Waals surface area contributed by atoms with Gasteiger partial charge >= 0.3 is 0 Å². The topological polar surface area (TPSA) is 0 Å². The lowest BCUT2D eigenvalue weighted by atomic mass is 10.1. The van der Waals surface area contributed by atoms with Gasteiger partial charge in [0.2, 0.25) is 0 Å². The Morgan fingerprint density at radius 3 is 1.50 bits per heavy atom. The van der Waals surface area contributed by atoms with E-state index >= 15 is 0 Å². The summed E-state index contributed by atoms with van der Waals surface area (Å²) in [6, 6.07) is 24.2. The zero-order valence-corrected chi connectivity index (χ0v) is 13.5. The lowest BCUT2D eigenvalue weighted by Gasteiger charge is -2.12. The van der Waals surface area contributed by atoms with E-state index in [1.165, 1.54) is 14.7 Å². The van der Waals surface area contributed by atoms with Gasteiger partial charge in [0.05, 0.1) is 10.9 Å². The van der Waals surface area contributed by atoms with Crippen LogP contribution in [0.15, 0.2) is 87.5 Å². The maximum Gasteiger partial charge on any atom is 0.172 e. The van der Waals surface area contributed by atoms with Crippen LogP contribution in [-0.4, -0.2) is 0 Å². The van der Waals surface area contributed by atoms with Crippen LogP contribution in [0.1, 0.15) is 11.1 Å². The van der Waals surface area contributed by atoms with Crippen LogP contribution in [0.25, 0.3) is 0 Å². The summed E-state index contributed by atoms with van der Waals surface area (Å²) in [4.78, 5) is 3.73. The van der Waals surface area contributed by atoms with Gasteiger partial charge in [-0.15, -0.1) is 0 Å². The summed E-state index contributed by atoms with van der Waals surface area (Å²) in [5, 5.41) is 0. The Hall–Kier alpha value is -2.06. The van der Waals surface area contributed by atoms with E-state index in [2.05, 4.69) is 48.5 Å². The Labute approximate surface area is 134 Å². The molecule has 0 N–H and O–H groups in total. The van der Waals surface area contributed by atoms with Gasteiger partial charge in [-0.1, -0.05) is 36.4 Å². The molecule has 22 heavy (non-hydrogen) atoms. The van der Waals surface area contributed by atoms with Gasteiger partial charge in [-0.25, -0.2) is 4.39 Å². The van der Waals surface area contributed by atoms with E-state index < -0.39 is 0 Å². The van der Waals surface area contributed by atoms with E-state index in [0.717, 1.165) is 11.1 Å². The Kier molecular flexibility index (Phi) is 4.30. The number of hydrogen-bond donors (Lipinski definition) is 0. The summed E-state index contributed by atoms with van der Waals surface area (Å²) in [7, 11) is -0.213. The third kappa shape index (κ3) is 2.93. The first-order valence-electron chi connectivity index (χ1n) is 7.28. The second kappa shape index (κ2) is 6.37. The number of hydrogen-bond acceptors (Lipinski definition) is 0. The van der Waals surface area contributed by atoms with Crippen molar-refractivity contribution in [3.63, 3.8) is 0 Å². The largest absolute Gasteiger partial charge is 0.207 e. The van der Waals surface area contributed by atoms with Gasteiger partial charge < -0.3 is 0 Å². The number of halogens is 1. The van der Waals surface area contributed by atoms with Crippen LogP contribution in [0.4, 0.5) is 4.39 Å². The molecule has 0 aromatic heterocycles. The summed E-state index contributed by atoms with van der Waals surface area (Å²) >= 11 is 0. The summed E-state index contributed by atoms with van der Waals surface area (Å²) in [5.74, 6) is -0.163. The molecule has 0 fully saturated rings. The van der Waals surface area contributed by atoms with E-state index in [-0.39, 0.29) is 16.7 Å². The fourth-order valence-electron chi connectivity index (χ4n) is 2.70. The maximum atomic E-state index is 13.7. The van der Waals surface area contributed by atoms with Crippen molar-refractivity contribution in [3.8, 4) is 0 Å². The molecule has 3 rings (SSSR count). The zero-order chi connectivity index (χ0) is 15.5. The fraction of sp³-hybridized carbons (Fsp3) is 0.100. The van der Waals surface area contributed by atoms with Crippen molar-refractivity contribution in [2.75, 3.05) is 0 Å². The first-order chi connectivity index (χ1) is 10.7. The van der Waals surface area contributed by atoms with Crippen molar-refractivity contribution in [2.24, 2.45) is 0 Å². The van der Waals surface area contributed by atoms with Crippen LogP contribution in [0.2, 0.25) is 0 Å². The van der Waals surface area contributed by atoms with E-state index in [1.807, 2.05) is 26.0 Å². The molecule has 0 unspecified atom stereocenters. The van der Waals surface area contributed by atoms with Gasteiger partial charge in [0.1, 0.15) is 5.82 Å². The predicted octanol–water partition coefficient (Wildman–Crippen LogP) is 5.54. The van der Waals surface area contributed by atoms with Gasteiger partial charge in [0.25, 0.3) is 0 Å². The second-order valence-electron chi connectivity index (χ2n) is 5.30. The van der Waals surface area contributed by atoms with Crippen molar-refractivity contribution in [3.05, 3.63) is 89.7 Å². The molecule has 3 aromatic rings. The second-order valence-corrected chi connectivity index (χ2v) is 7.26. The highest BCUT2D eigenvalue weighted by Gasteiger charge is 2.32. The lowest BCUT2D eigenvalue weighted by molar-refractivity contribution is 0.623. The summed E-state index contributed by atoms with van der Waals surface area (Å²) in [5.41, 5.74) is 2.02. The quantitative estimate of drug-likeness (QED) is 0.557. The van der Waals surface area contributed by atoms with Crippen molar-refractivity contribution in [2.45, 2.75) is 28.5 Å². The van der Waals surface area contributed by atoms with Crippen LogP contribution in [0.5, 0.6) is 0 Å². The number of rotatable bonds is 3. The zero-order valence-electron chi connectivity index (χ0n) is 12.7. The third-order valence-corrected chi connectivity index (χ3v) is 6.13. The van der Waals surface area contributed by atoms with Crippen LogP contribution >= 0.6 is 0 Å². The highest BCUT2D eigenvalue weighted by molar-refractivity contribution is 7.97. The van der Waals surface area contributed by atoms with Crippen molar-refractivity contribution in [1.29, 1.82) is 0 Å². The van der Waals surface area contributed by atoms with Gasteiger partial charge in [-0.3, -0.25) is 0 Å². The van der Waals surface area contributed by atoms with Gasteiger partial charge in [-0.05, 0) is 50.2 Å². The highest BCUT2D eigenvalue weighted by atomic mass is 32.2. The Balaban J connectivity index is 2.24. The smallest absolute Gasteiger partial charge is 0.172 e. The molecule has 0 aliphatic carbocycles. The molecule has 2 heteroatoms. The average Bonchev–Trinajstić information content (AvgIpc) is 2.52. The summed E-state index contributed by atoms with van der Waals surface area (Å²) < 4.78 is 13.7. The van der Waals surface area contributed by atoms with Gasteiger partial charge in [0.15, 0.2) is 14.7 Å². The minimum atomic E-state index is -0.213. The van der Waals surface area contributed by atoms with Crippen LogP contribution in [-0.2, 0) is 10.9 Å². The molecule has 0 heterocycles. The van der Waals surface area contributed by atoms with Gasteiger partial charge in [0, 0.05) is 11.1 Å². The molecular weight excluding hydrogens is 291 g/mol. The van der Waals surface area contributed by atoms with Gasteiger partial charge in [-0.2, -0.15) is 0 Å². The van der Waals surface area contributed by atoms with Crippen molar-refractivity contribution >= 4 is 10.9 Å². The molecule has 0 radical (unpaired) electrons. The molecule has 0 saturated heterocycles. The average molecular weight is 309 g/mol. The minimum absolute atomic E-state index is 0.163. The molecule has 0 amide bonds. The first kappa shape index (κ1) is 14.9. The van der Waals surface area contributed by atoms with E-state index in [9.17, 15) is 4.39 Å².